The lowest BCUT2D eigenvalue weighted by Gasteiger charge is -2.14. The monoisotopic (exact) mass is 212 g/mol. The number of hydrogen-bond donors (Lipinski definition) is 1. The van der Waals surface area contributed by atoms with Gasteiger partial charge in [0.2, 0.25) is 0 Å². The fourth-order valence-electron chi connectivity index (χ4n) is 1.38. The molecule has 2 atom stereocenters. The van der Waals surface area contributed by atoms with E-state index >= 15 is 0 Å². The van der Waals surface area contributed by atoms with Crippen molar-refractivity contribution in [2.75, 3.05) is 0 Å². The second-order valence-corrected chi connectivity index (χ2v) is 4.41. The van der Waals surface area contributed by atoms with Crippen molar-refractivity contribution in [3.63, 3.8) is 0 Å². The zero-order valence-corrected chi connectivity index (χ0v) is 9.67. The van der Waals surface area contributed by atoms with Crippen LogP contribution in [0.1, 0.15) is 25.0 Å². The Balaban J connectivity index is 2.73. The predicted octanol–water partition coefficient (Wildman–Crippen LogP) is 3.21. The molecule has 0 aromatic heterocycles. The van der Waals surface area contributed by atoms with Crippen LogP contribution in [-0.2, 0) is 6.42 Å². The van der Waals surface area contributed by atoms with Crippen LogP contribution in [0.4, 0.5) is 0 Å². The van der Waals surface area contributed by atoms with Gasteiger partial charge >= 0.3 is 0 Å². The predicted molar refractivity (Wildman–Crippen MR) is 60.7 cm³/mol. The summed E-state index contributed by atoms with van der Waals surface area (Å²) in [5.74, 6) is 0.288. The zero-order valence-electron chi connectivity index (χ0n) is 8.92. The molecule has 2 heteroatoms. The summed E-state index contributed by atoms with van der Waals surface area (Å²) in [6.45, 7) is 5.88. The minimum Gasteiger partial charge on any atom is -0.393 e. The van der Waals surface area contributed by atoms with Gasteiger partial charge in [-0.15, -0.1) is 0 Å². The van der Waals surface area contributed by atoms with E-state index in [1.807, 2.05) is 26.0 Å². The van der Waals surface area contributed by atoms with Crippen molar-refractivity contribution >= 4 is 11.6 Å². The molecule has 1 N–H and O–H groups in total. The minimum absolute atomic E-state index is 0.258. The molecule has 0 spiro atoms. The lowest BCUT2D eigenvalue weighted by molar-refractivity contribution is 0.135. The molecule has 0 radical (unpaired) electrons. The van der Waals surface area contributed by atoms with Crippen molar-refractivity contribution in [1.29, 1.82) is 0 Å². The van der Waals surface area contributed by atoms with Crippen molar-refractivity contribution in [2.45, 2.75) is 33.3 Å². The Kier molecular flexibility index (Phi) is 3.97. The van der Waals surface area contributed by atoms with Crippen LogP contribution < -0.4 is 0 Å². The third kappa shape index (κ3) is 3.00. The molecule has 14 heavy (non-hydrogen) atoms. The second-order valence-electron chi connectivity index (χ2n) is 4.01. The van der Waals surface area contributed by atoms with Crippen molar-refractivity contribution in [3.8, 4) is 0 Å². The van der Waals surface area contributed by atoms with E-state index in [-0.39, 0.29) is 12.0 Å². The third-order valence-corrected chi connectivity index (χ3v) is 3.03. The van der Waals surface area contributed by atoms with Crippen LogP contribution in [0.3, 0.4) is 0 Å². The van der Waals surface area contributed by atoms with E-state index in [4.69, 9.17) is 11.6 Å². The standard InChI is InChI=1S/C12H17ClO/c1-8(10(3)14)6-11-4-5-12(13)9(2)7-11/h4-5,7-8,10,14H,6H2,1-3H3. The van der Waals surface area contributed by atoms with Crippen molar-refractivity contribution in [2.24, 2.45) is 5.92 Å². The van der Waals surface area contributed by atoms with E-state index in [9.17, 15) is 5.11 Å². The Morgan fingerprint density at radius 1 is 1.36 bits per heavy atom. The van der Waals surface area contributed by atoms with Crippen LogP contribution in [0, 0.1) is 12.8 Å². The molecule has 0 amide bonds. The summed E-state index contributed by atoms with van der Waals surface area (Å²) in [6.07, 6.45) is 0.640. The minimum atomic E-state index is -0.258. The first-order chi connectivity index (χ1) is 6.50. The maximum absolute atomic E-state index is 9.38. The molecule has 0 aliphatic heterocycles. The molecule has 2 unspecified atom stereocenters. The first-order valence-electron chi connectivity index (χ1n) is 4.94. The summed E-state index contributed by atoms with van der Waals surface area (Å²) in [7, 11) is 0. The maximum Gasteiger partial charge on any atom is 0.0540 e. The molecule has 0 bridgehead atoms. The van der Waals surface area contributed by atoms with Crippen molar-refractivity contribution in [3.05, 3.63) is 34.3 Å². The lowest BCUT2D eigenvalue weighted by Crippen LogP contribution is -2.15. The Labute approximate surface area is 90.7 Å². The fourth-order valence-corrected chi connectivity index (χ4v) is 1.49. The average Bonchev–Trinajstić information content (AvgIpc) is 2.11. The summed E-state index contributed by atoms with van der Waals surface area (Å²) >= 11 is 5.93. The van der Waals surface area contributed by atoms with E-state index in [0.29, 0.717) is 0 Å². The molecule has 1 aromatic rings. The largest absolute Gasteiger partial charge is 0.393 e. The smallest absolute Gasteiger partial charge is 0.0540 e. The second kappa shape index (κ2) is 4.81. The van der Waals surface area contributed by atoms with Gasteiger partial charge in [0, 0.05) is 5.02 Å². The normalized spacial score (nSPS) is 15.2. The van der Waals surface area contributed by atoms with Crippen LogP contribution in [0.2, 0.25) is 5.02 Å². The summed E-state index contributed by atoms with van der Waals surface area (Å²) in [4.78, 5) is 0. The molecule has 0 aliphatic rings. The molecule has 0 saturated carbocycles. The van der Waals surface area contributed by atoms with Gasteiger partial charge in [-0.25, -0.2) is 0 Å². The summed E-state index contributed by atoms with van der Waals surface area (Å²) in [6, 6.07) is 6.02. The molecule has 0 fully saturated rings. The van der Waals surface area contributed by atoms with Gasteiger partial charge in [0.05, 0.1) is 6.10 Å². The number of hydrogen-bond acceptors (Lipinski definition) is 1. The number of aliphatic hydroxyl groups excluding tert-OH is 1. The van der Waals surface area contributed by atoms with Crippen LogP contribution >= 0.6 is 11.6 Å². The maximum atomic E-state index is 9.38. The molecule has 1 nitrogen and oxygen atoms in total. The Bertz CT molecular complexity index is 307. The van der Waals surface area contributed by atoms with Gasteiger partial charge in [0.1, 0.15) is 0 Å². The molecule has 1 aromatic carbocycles. The van der Waals surface area contributed by atoms with E-state index in [1.165, 1.54) is 5.56 Å². The van der Waals surface area contributed by atoms with Crippen molar-refractivity contribution in [1.82, 2.24) is 0 Å². The van der Waals surface area contributed by atoms with E-state index in [2.05, 4.69) is 13.0 Å². The van der Waals surface area contributed by atoms with E-state index < -0.39 is 0 Å². The lowest BCUT2D eigenvalue weighted by atomic mass is 9.96. The van der Waals surface area contributed by atoms with Crippen molar-refractivity contribution < 1.29 is 5.11 Å². The first kappa shape index (κ1) is 11.5. The Morgan fingerprint density at radius 2 is 2.00 bits per heavy atom. The first-order valence-corrected chi connectivity index (χ1v) is 5.31. The molecule has 0 saturated heterocycles. The highest BCUT2D eigenvalue weighted by atomic mass is 35.5. The van der Waals surface area contributed by atoms with Gasteiger partial charge in [0.25, 0.3) is 0 Å². The van der Waals surface area contributed by atoms with E-state index in [0.717, 1.165) is 17.0 Å². The fraction of sp³-hybridized carbons (Fsp3) is 0.500. The number of aryl methyl sites for hydroxylation is 1. The zero-order chi connectivity index (χ0) is 10.7. The molecule has 1 rings (SSSR count). The topological polar surface area (TPSA) is 20.2 Å². The van der Waals surface area contributed by atoms with Crippen LogP contribution in [0.5, 0.6) is 0 Å². The summed E-state index contributed by atoms with van der Waals surface area (Å²) in [5.41, 5.74) is 2.34. The number of halogens is 1. The quantitative estimate of drug-likeness (QED) is 0.816. The molecular weight excluding hydrogens is 196 g/mol. The molecule has 0 aliphatic carbocycles. The average molecular weight is 213 g/mol. The van der Waals surface area contributed by atoms with Crippen LogP contribution in [-0.4, -0.2) is 11.2 Å². The van der Waals surface area contributed by atoms with Gasteiger partial charge < -0.3 is 5.11 Å². The third-order valence-electron chi connectivity index (χ3n) is 2.60. The molecule has 0 heterocycles. The highest BCUT2D eigenvalue weighted by molar-refractivity contribution is 6.31. The molecular formula is C12H17ClO. The van der Waals surface area contributed by atoms with Crippen LogP contribution in [0.25, 0.3) is 0 Å². The SMILES string of the molecule is Cc1cc(CC(C)C(C)O)ccc1Cl. The van der Waals surface area contributed by atoms with Gasteiger partial charge in [-0.1, -0.05) is 30.7 Å². The van der Waals surface area contributed by atoms with Gasteiger partial charge in [-0.05, 0) is 43.4 Å². The number of benzene rings is 1. The molecule has 78 valence electrons. The summed E-state index contributed by atoms with van der Waals surface area (Å²) in [5, 5.41) is 10.2. The van der Waals surface area contributed by atoms with E-state index in [1.54, 1.807) is 0 Å². The van der Waals surface area contributed by atoms with Gasteiger partial charge in [-0.3, -0.25) is 0 Å². The number of aliphatic hydroxyl groups is 1. The van der Waals surface area contributed by atoms with Crippen LogP contribution in [0.15, 0.2) is 18.2 Å². The van der Waals surface area contributed by atoms with Gasteiger partial charge in [-0.2, -0.15) is 0 Å². The Morgan fingerprint density at radius 3 is 2.50 bits per heavy atom. The number of rotatable bonds is 3. The van der Waals surface area contributed by atoms with Gasteiger partial charge in [0.15, 0.2) is 0 Å². The highest BCUT2D eigenvalue weighted by Crippen LogP contribution is 2.19. The highest BCUT2D eigenvalue weighted by Gasteiger charge is 2.09. The summed E-state index contributed by atoms with van der Waals surface area (Å²) < 4.78 is 0. The Hall–Kier alpha value is -0.530.